The fraction of sp³-hybridized carbons (Fsp3) is 0.692. The third-order valence-electron chi connectivity index (χ3n) is 3.53. The van der Waals surface area contributed by atoms with E-state index in [1.54, 1.807) is 0 Å². The second-order valence-corrected chi connectivity index (χ2v) is 5.17. The van der Waals surface area contributed by atoms with E-state index in [0.717, 1.165) is 32.4 Å². The van der Waals surface area contributed by atoms with Gasteiger partial charge in [0.05, 0.1) is 6.20 Å². The van der Waals surface area contributed by atoms with Gasteiger partial charge in [0, 0.05) is 12.6 Å². The van der Waals surface area contributed by atoms with Gasteiger partial charge >= 0.3 is 5.97 Å². The van der Waals surface area contributed by atoms with Crippen molar-refractivity contribution in [2.24, 2.45) is 0 Å². The molecular weight excluding hydrogens is 274 g/mol. The lowest BCUT2D eigenvalue weighted by molar-refractivity contribution is -0.137. The molecule has 0 radical (unpaired) electrons. The van der Waals surface area contributed by atoms with Crippen molar-refractivity contribution in [1.82, 2.24) is 25.2 Å². The summed E-state index contributed by atoms with van der Waals surface area (Å²) in [5.41, 5.74) is 0.211. The largest absolute Gasteiger partial charge is 0.480 e. The summed E-state index contributed by atoms with van der Waals surface area (Å²) in [7, 11) is 0. The Bertz CT molecular complexity index is 496. The maximum absolute atomic E-state index is 12.6. The van der Waals surface area contributed by atoms with Crippen molar-refractivity contribution in [2.45, 2.75) is 38.8 Å². The predicted molar refractivity (Wildman–Crippen MR) is 74.9 cm³/mol. The molecule has 0 aliphatic carbocycles. The van der Waals surface area contributed by atoms with Crippen LogP contribution in [0.3, 0.4) is 0 Å². The molecule has 8 heteroatoms. The van der Waals surface area contributed by atoms with Crippen LogP contribution in [0.1, 0.15) is 36.7 Å². The third kappa shape index (κ3) is 4.01. The zero-order valence-corrected chi connectivity index (χ0v) is 12.2. The van der Waals surface area contributed by atoms with Crippen LogP contribution in [-0.4, -0.2) is 62.6 Å². The van der Waals surface area contributed by atoms with Crippen molar-refractivity contribution >= 4 is 11.9 Å². The standard InChI is InChI=1S/C13H21N5O3/c1-2-7-18(10-3-5-14-6-4-10)13(21)11-8-17(16-15-11)9-12(19)20/h8,10,14H,2-7,9H2,1H3,(H,19,20). The summed E-state index contributed by atoms with van der Waals surface area (Å²) < 4.78 is 1.17. The van der Waals surface area contributed by atoms with Crippen molar-refractivity contribution in [2.75, 3.05) is 19.6 Å². The van der Waals surface area contributed by atoms with Crippen LogP contribution in [0.4, 0.5) is 0 Å². The number of piperidine rings is 1. The Labute approximate surface area is 123 Å². The quantitative estimate of drug-likeness (QED) is 0.764. The number of nitrogens with one attached hydrogen (secondary N) is 1. The van der Waals surface area contributed by atoms with Gasteiger partial charge in [-0.1, -0.05) is 12.1 Å². The van der Waals surface area contributed by atoms with E-state index in [4.69, 9.17) is 5.11 Å². The number of aliphatic carboxylic acids is 1. The van der Waals surface area contributed by atoms with Crippen LogP contribution in [0.15, 0.2) is 6.20 Å². The van der Waals surface area contributed by atoms with E-state index in [2.05, 4.69) is 15.6 Å². The summed E-state index contributed by atoms with van der Waals surface area (Å²) in [4.78, 5) is 25.1. The molecule has 1 fully saturated rings. The summed E-state index contributed by atoms with van der Waals surface area (Å²) in [5.74, 6) is -1.18. The Kier molecular flexibility index (Phi) is 5.26. The SMILES string of the molecule is CCCN(C(=O)c1cn(CC(=O)O)nn1)C1CCNCC1. The van der Waals surface area contributed by atoms with Crippen molar-refractivity contribution in [3.8, 4) is 0 Å². The summed E-state index contributed by atoms with van der Waals surface area (Å²) in [6.07, 6.45) is 4.13. The van der Waals surface area contributed by atoms with Gasteiger partial charge in [-0.2, -0.15) is 0 Å². The maximum atomic E-state index is 12.6. The van der Waals surface area contributed by atoms with E-state index >= 15 is 0 Å². The molecule has 0 unspecified atom stereocenters. The number of carboxylic acid groups (broad SMARTS) is 1. The van der Waals surface area contributed by atoms with Crippen LogP contribution in [0.25, 0.3) is 0 Å². The molecule has 1 amide bonds. The molecule has 0 spiro atoms. The lowest BCUT2D eigenvalue weighted by Crippen LogP contribution is -2.46. The van der Waals surface area contributed by atoms with Crippen LogP contribution in [-0.2, 0) is 11.3 Å². The first-order valence-corrected chi connectivity index (χ1v) is 7.25. The lowest BCUT2D eigenvalue weighted by Gasteiger charge is -2.34. The number of carbonyl (C=O) groups excluding carboxylic acids is 1. The van der Waals surface area contributed by atoms with Crippen molar-refractivity contribution < 1.29 is 14.7 Å². The molecule has 116 valence electrons. The minimum Gasteiger partial charge on any atom is -0.480 e. The first kappa shape index (κ1) is 15.4. The van der Waals surface area contributed by atoms with Crippen LogP contribution >= 0.6 is 0 Å². The van der Waals surface area contributed by atoms with E-state index in [-0.39, 0.29) is 24.2 Å². The molecule has 0 aromatic carbocycles. The monoisotopic (exact) mass is 295 g/mol. The van der Waals surface area contributed by atoms with E-state index in [9.17, 15) is 9.59 Å². The first-order valence-electron chi connectivity index (χ1n) is 7.25. The Hall–Kier alpha value is -1.96. The molecule has 0 saturated carbocycles. The molecule has 2 rings (SSSR count). The molecule has 0 atom stereocenters. The van der Waals surface area contributed by atoms with Crippen molar-refractivity contribution in [3.63, 3.8) is 0 Å². The van der Waals surface area contributed by atoms with Gasteiger partial charge in [-0.05, 0) is 32.4 Å². The number of amides is 1. The zero-order chi connectivity index (χ0) is 15.2. The van der Waals surface area contributed by atoms with E-state index in [1.165, 1.54) is 10.9 Å². The van der Waals surface area contributed by atoms with Crippen LogP contribution in [0.2, 0.25) is 0 Å². The smallest absolute Gasteiger partial charge is 0.325 e. The lowest BCUT2D eigenvalue weighted by atomic mass is 10.0. The van der Waals surface area contributed by atoms with Crippen LogP contribution in [0.5, 0.6) is 0 Å². The van der Waals surface area contributed by atoms with E-state index < -0.39 is 5.97 Å². The first-order chi connectivity index (χ1) is 10.1. The molecule has 1 aromatic heterocycles. The van der Waals surface area contributed by atoms with Gasteiger partial charge in [-0.25, -0.2) is 4.68 Å². The van der Waals surface area contributed by atoms with Gasteiger partial charge in [0.1, 0.15) is 6.54 Å². The number of hydrogen-bond donors (Lipinski definition) is 2. The molecule has 1 saturated heterocycles. The zero-order valence-electron chi connectivity index (χ0n) is 12.2. The normalized spacial score (nSPS) is 15.9. The Morgan fingerprint density at radius 1 is 1.48 bits per heavy atom. The van der Waals surface area contributed by atoms with Gasteiger partial charge in [0.25, 0.3) is 5.91 Å². The number of rotatable bonds is 6. The number of nitrogens with zero attached hydrogens (tertiary/aromatic N) is 4. The van der Waals surface area contributed by atoms with Gasteiger partial charge in [0.15, 0.2) is 5.69 Å². The Morgan fingerprint density at radius 3 is 2.81 bits per heavy atom. The third-order valence-corrected chi connectivity index (χ3v) is 3.53. The second kappa shape index (κ2) is 7.16. The van der Waals surface area contributed by atoms with E-state index in [0.29, 0.717) is 6.54 Å². The predicted octanol–water partition coefficient (Wildman–Crippen LogP) is -0.0331. The minimum absolute atomic E-state index is 0.166. The molecule has 8 nitrogen and oxygen atoms in total. The summed E-state index contributed by atoms with van der Waals surface area (Å²) in [6, 6.07) is 0.211. The number of aromatic nitrogens is 3. The highest BCUT2D eigenvalue weighted by atomic mass is 16.4. The van der Waals surface area contributed by atoms with Gasteiger partial charge in [-0.3, -0.25) is 9.59 Å². The van der Waals surface area contributed by atoms with Gasteiger partial charge in [0.2, 0.25) is 0 Å². The van der Waals surface area contributed by atoms with Gasteiger partial charge in [-0.15, -0.1) is 5.10 Å². The van der Waals surface area contributed by atoms with Crippen LogP contribution in [0, 0.1) is 0 Å². The molecular formula is C13H21N5O3. The summed E-state index contributed by atoms with van der Waals surface area (Å²) in [6.45, 7) is 4.23. The summed E-state index contributed by atoms with van der Waals surface area (Å²) in [5, 5.41) is 19.5. The van der Waals surface area contributed by atoms with Gasteiger partial charge < -0.3 is 15.3 Å². The topological polar surface area (TPSA) is 100 Å². The number of carboxylic acids is 1. The van der Waals surface area contributed by atoms with Crippen LogP contribution < -0.4 is 5.32 Å². The fourth-order valence-electron chi connectivity index (χ4n) is 2.57. The number of carbonyl (C=O) groups is 2. The average molecular weight is 295 g/mol. The highest BCUT2D eigenvalue weighted by Gasteiger charge is 2.27. The average Bonchev–Trinajstić information content (AvgIpc) is 2.92. The molecule has 1 aromatic rings. The number of hydrogen-bond acceptors (Lipinski definition) is 5. The highest BCUT2D eigenvalue weighted by Crippen LogP contribution is 2.15. The Morgan fingerprint density at radius 2 is 2.19 bits per heavy atom. The molecule has 2 N–H and O–H groups in total. The van der Waals surface area contributed by atoms with E-state index in [1.807, 2.05) is 11.8 Å². The molecule has 2 heterocycles. The fourth-order valence-corrected chi connectivity index (χ4v) is 2.57. The Balaban J connectivity index is 2.09. The molecule has 1 aliphatic rings. The minimum atomic E-state index is -1.01. The molecule has 21 heavy (non-hydrogen) atoms. The summed E-state index contributed by atoms with van der Waals surface area (Å²) >= 11 is 0. The maximum Gasteiger partial charge on any atom is 0.325 e. The molecule has 0 bridgehead atoms. The highest BCUT2D eigenvalue weighted by molar-refractivity contribution is 5.92. The van der Waals surface area contributed by atoms with Crippen molar-refractivity contribution in [3.05, 3.63) is 11.9 Å². The second-order valence-electron chi connectivity index (χ2n) is 5.17. The molecule has 1 aliphatic heterocycles. The van der Waals surface area contributed by atoms with Crippen molar-refractivity contribution in [1.29, 1.82) is 0 Å².